The molecule has 0 bridgehead atoms. The first-order chi connectivity index (χ1) is 5.25. The van der Waals surface area contributed by atoms with Gasteiger partial charge >= 0.3 is 0 Å². The summed E-state index contributed by atoms with van der Waals surface area (Å²) in [6, 6.07) is 0. The van der Waals surface area contributed by atoms with E-state index in [1.54, 1.807) is 0 Å². The molecule has 0 aromatic heterocycles. The van der Waals surface area contributed by atoms with Crippen molar-refractivity contribution in [3.63, 3.8) is 0 Å². The van der Waals surface area contributed by atoms with E-state index in [2.05, 4.69) is 0 Å². The van der Waals surface area contributed by atoms with E-state index < -0.39 is 0 Å². The molecule has 1 saturated carbocycles. The molecule has 2 nitrogen and oxygen atoms in total. The predicted molar refractivity (Wildman–Crippen MR) is 45.3 cm³/mol. The van der Waals surface area contributed by atoms with Gasteiger partial charge in [0.15, 0.2) is 0 Å². The molecule has 0 radical (unpaired) electrons. The molecule has 0 aliphatic heterocycles. The van der Waals surface area contributed by atoms with Gasteiger partial charge in [-0.1, -0.05) is 19.8 Å². The molecular formula is C9H17NO. The fourth-order valence-electron chi connectivity index (χ4n) is 2.02. The zero-order valence-corrected chi connectivity index (χ0v) is 7.23. The van der Waals surface area contributed by atoms with Crippen molar-refractivity contribution in [2.24, 2.45) is 11.1 Å². The van der Waals surface area contributed by atoms with Crippen LogP contribution in [0.15, 0.2) is 0 Å². The largest absolute Gasteiger partial charge is 0.329 e. The number of rotatable bonds is 3. The zero-order valence-electron chi connectivity index (χ0n) is 7.23. The van der Waals surface area contributed by atoms with Gasteiger partial charge in [0.1, 0.15) is 5.78 Å². The van der Waals surface area contributed by atoms with E-state index in [0.29, 0.717) is 18.7 Å². The smallest absolute Gasteiger partial charge is 0.140 e. The number of nitrogens with two attached hydrogens (primary N) is 1. The molecule has 1 aliphatic rings. The Morgan fingerprint density at radius 2 is 2.00 bits per heavy atom. The van der Waals surface area contributed by atoms with Crippen molar-refractivity contribution in [1.29, 1.82) is 0 Å². The molecule has 1 fully saturated rings. The summed E-state index contributed by atoms with van der Waals surface area (Å²) >= 11 is 0. The Morgan fingerprint density at radius 3 is 2.36 bits per heavy atom. The predicted octanol–water partition coefficient (Wildman–Crippen LogP) is 1.48. The van der Waals surface area contributed by atoms with Gasteiger partial charge in [-0.2, -0.15) is 0 Å². The van der Waals surface area contributed by atoms with E-state index in [9.17, 15) is 4.79 Å². The van der Waals surface area contributed by atoms with E-state index in [1.807, 2.05) is 6.92 Å². The first-order valence-electron chi connectivity index (χ1n) is 4.48. The van der Waals surface area contributed by atoms with Gasteiger partial charge in [0, 0.05) is 18.4 Å². The quantitative estimate of drug-likeness (QED) is 0.671. The first kappa shape index (κ1) is 8.72. The summed E-state index contributed by atoms with van der Waals surface area (Å²) in [6.07, 6.45) is 5.06. The third-order valence-electron chi connectivity index (χ3n) is 2.86. The molecule has 2 N–H and O–H groups in total. The lowest BCUT2D eigenvalue weighted by Gasteiger charge is -2.24. The molecule has 0 saturated heterocycles. The Balaban J connectivity index is 2.66. The van der Waals surface area contributed by atoms with Crippen molar-refractivity contribution in [3.05, 3.63) is 0 Å². The molecule has 1 aliphatic carbocycles. The molecule has 0 unspecified atom stereocenters. The highest BCUT2D eigenvalue weighted by Crippen LogP contribution is 2.38. The van der Waals surface area contributed by atoms with Gasteiger partial charge in [-0.15, -0.1) is 0 Å². The van der Waals surface area contributed by atoms with Gasteiger partial charge < -0.3 is 5.73 Å². The molecule has 0 aromatic rings. The van der Waals surface area contributed by atoms with Crippen molar-refractivity contribution >= 4 is 5.78 Å². The van der Waals surface area contributed by atoms with Crippen LogP contribution in [0, 0.1) is 5.41 Å². The van der Waals surface area contributed by atoms with Crippen LogP contribution in [-0.2, 0) is 4.79 Å². The lowest BCUT2D eigenvalue weighted by atomic mass is 9.81. The second-order valence-electron chi connectivity index (χ2n) is 3.47. The van der Waals surface area contributed by atoms with Crippen molar-refractivity contribution in [2.75, 3.05) is 6.54 Å². The number of hydrogen-bond donors (Lipinski definition) is 1. The van der Waals surface area contributed by atoms with Crippen LogP contribution in [0.25, 0.3) is 0 Å². The number of hydrogen-bond acceptors (Lipinski definition) is 2. The maximum Gasteiger partial charge on any atom is 0.140 e. The second kappa shape index (κ2) is 3.35. The van der Waals surface area contributed by atoms with Crippen molar-refractivity contribution in [2.45, 2.75) is 39.0 Å². The molecule has 0 atom stereocenters. The third kappa shape index (κ3) is 1.45. The summed E-state index contributed by atoms with van der Waals surface area (Å²) in [5.74, 6) is 0.373. The van der Waals surface area contributed by atoms with E-state index in [-0.39, 0.29) is 5.41 Å². The van der Waals surface area contributed by atoms with Crippen molar-refractivity contribution in [3.8, 4) is 0 Å². The second-order valence-corrected chi connectivity index (χ2v) is 3.47. The Labute approximate surface area is 68.2 Å². The Hall–Kier alpha value is -0.370. The summed E-state index contributed by atoms with van der Waals surface area (Å²) in [6.45, 7) is 2.48. The van der Waals surface area contributed by atoms with Crippen LogP contribution in [0.2, 0.25) is 0 Å². The average Bonchev–Trinajstić information content (AvgIpc) is 2.52. The molecule has 0 heterocycles. The summed E-state index contributed by atoms with van der Waals surface area (Å²) in [7, 11) is 0. The molecule has 0 amide bonds. The van der Waals surface area contributed by atoms with E-state index in [1.165, 1.54) is 12.8 Å². The fraction of sp³-hybridized carbons (Fsp3) is 0.889. The summed E-state index contributed by atoms with van der Waals surface area (Å²) in [5.41, 5.74) is 5.51. The highest BCUT2D eigenvalue weighted by molar-refractivity contribution is 5.85. The Morgan fingerprint density at radius 1 is 1.45 bits per heavy atom. The highest BCUT2D eigenvalue weighted by atomic mass is 16.1. The summed E-state index contributed by atoms with van der Waals surface area (Å²) in [5, 5.41) is 0. The molecular weight excluding hydrogens is 138 g/mol. The van der Waals surface area contributed by atoms with Gasteiger partial charge in [0.25, 0.3) is 0 Å². The minimum absolute atomic E-state index is 0.116. The minimum Gasteiger partial charge on any atom is -0.329 e. The van der Waals surface area contributed by atoms with Crippen LogP contribution in [0.1, 0.15) is 39.0 Å². The van der Waals surface area contributed by atoms with Gasteiger partial charge in [0.05, 0.1) is 0 Å². The zero-order chi connectivity index (χ0) is 8.32. The minimum atomic E-state index is -0.116. The number of ketones is 1. The van der Waals surface area contributed by atoms with E-state index in [0.717, 1.165) is 12.8 Å². The van der Waals surface area contributed by atoms with Gasteiger partial charge in [-0.05, 0) is 12.8 Å². The van der Waals surface area contributed by atoms with Crippen LogP contribution in [0.4, 0.5) is 0 Å². The normalized spacial score (nSPS) is 22.0. The standard InChI is InChI=1S/C9H17NO/c1-2-8(11)9(7-10)5-3-4-6-9/h2-7,10H2,1H3. The molecule has 0 spiro atoms. The molecule has 0 aromatic carbocycles. The topological polar surface area (TPSA) is 43.1 Å². The molecule has 2 heteroatoms. The lowest BCUT2D eigenvalue weighted by molar-refractivity contribution is -0.127. The fourth-order valence-corrected chi connectivity index (χ4v) is 2.02. The maximum atomic E-state index is 11.5. The van der Waals surface area contributed by atoms with Crippen LogP contribution >= 0.6 is 0 Å². The molecule has 11 heavy (non-hydrogen) atoms. The Kier molecular flexibility index (Phi) is 2.66. The van der Waals surface area contributed by atoms with Crippen LogP contribution < -0.4 is 5.73 Å². The first-order valence-corrected chi connectivity index (χ1v) is 4.48. The van der Waals surface area contributed by atoms with Crippen molar-refractivity contribution < 1.29 is 4.79 Å². The number of Topliss-reactive ketones (excluding diaryl/α,β-unsaturated/α-hetero) is 1. The Bertz CT molecular complexity index is 148. The van der Waals surface area contributed by atoms with Crippen LogP contribution in [-0.4, -0.2) is 12.3 Å². The number of carbonyl (C=O) groups is 1. The number of carbonyl (C=O) groups excluding carboxylic acids is 1. The maximum absolute atomic E-state index is 11.5. The van der Waals surface area contributed by atoms with Gasteiger partial charge in [0.2, 0.25) is 0 Å². The summed E-state index contributed by atoms with van der Waals surface area (Å²) < 4.78 is 0. The van der Waals surface area contributed by atoms with Crippen LogP contribution in [0.3, 0.4) is 0 Å². The van der Waals surface area contributed by atoms with Crippen molar-refractivity contribution in [1.82, 2.24) is 0 Å². The monoisotopic (exact) mass is 155 g/mol. The lowest BCUT2D eigenvalue weighted by Crippen LogP contribution is -2.35. The van der Waals surface area contributed by atoms with E-state index >= 15 is 0 Å². The van der Waals surface area contributed by atoms with Gasteiger partial charge in [-0.25, -0.2) is 0 Å². The average molecular weight is 155 g/mol. The summed E-state index contributed by atoms with van der Waals surface area (Å²) in [4.78, 5) is 11.5. The SMILES string of the molecule is CCC(=O)C1(CN)CCCC1. The molecule has 64 valence electrons. The van der Waals surface area contributed by atoms with Gasteiger partial charge in [-0.3, -0.25) is 4.79 Å². The molecule has 1 rings (SSSR count). The van der Waals surface area contributed by atoms with E-state index in [4.69, 9.17) is 5.73 Å². The van der Waals surface area contributed by atoms with Crippen LogP contribution in [0.5, 0.6) is 0 Å². The third-order valence-corrected chi connectivity index (χ3v) is 2.86. The highest BCUT2D eigenvalue weighted by Gasteiger charge is 2.37.